The highest BCUT2D eigenvalue weighted by Crippen LogP contribution is 2.27. The fraction of sp³-hybridized carbons (Fsp3) is 0.125. The molecule has 1 radical (unpaired) electrons. The molecule has 73 valence electrons. The van der Waals surface area contributed by atoms with Crippen molar-refractivity contribution in [2.75, 3.05) is 7.11 Å². The predicted molar refractivity (Wildman–Crippen MR) is 44.6 cm³/mol. The zero-order chi connectivity index (χ0) is 10.7. The van der Waals surface area contributed by atoms with Crippen molar-refractivity contribution in [2.45, 2.75) is 0 Å². The van der Waals surface area contributed by atoms with Gasteiger partial charge < -0.3 is 4.74 Å². The highest BCUT2D eigenvalue weighted by Gasteiger charge is 2.18. The molecule has 0 aliphatic carbocycles. The number of esters is 1. The van der Waals surface area contributed by atoms with E-state index in [1.807, 2.05) is 0 Å². The van der Waals surface area contributed by atoms with Crippen LogP contribution in [0, 0.1) is 10.1 Å². The van der Waals surface area contributed by atoms with Gasteiger partial charge in [0.2, 0.25) is 0 Å². The van der Waals surface area contributed by atoms with Crippen LogP contribution in [0.4, 0.5) is 5.69 Å². The van der Waals surface area contributed by atoms with Crippen LogP contribution in [0.5, 0.6) is 5.75 Å². The van der Waals surface area contributed by atoms with Crippen molar-refractivity contribution in [1.29, 1.82) is 0 Å². The third-order valence-corrected chi connectivity index (χ3v) is 1.58. The summed E-state index contributed by atoms with van der Waals surface area (Å²) < 4.78 is 4.35. The molecule has 0 aromatic heterocycles. The third kappa shape index (κ3) is 1.79. The number of hydrogen-bond acceptors (Lipinski definition) is 4. The lowest BCUT2D eigenvalue weighted by Crippen LogP contribution is -2.01. The van der Waals surface area contributed by atoms with Crippen molar-refractivity contribution >= 4 is 11.7 Å². The molecule has 0 N–H and O–H groups in total. The Balaban J connectivity index is 3.19. The van der Waals surface area contributed by atoms with Crippen LogP contribution in [0.2, 0.25) is 0 Å². The minimum atomic E-state index is -0.839. The summed E-state index contributed by atoms with van der Waals surface area (Å²) in [7, 11) is 1.15. The van der Waals surface area contributed by atoms with Crippen LogP contribution in [0.25, 0.3) is 0 Å². The van der Waals surface area contributed by atoms with Crippen LogP contribution in [0.3, 0.4) is 0 Å². The molecule has 0 spiro atoms. The zero-order valence-electron chi connectivity index (χ0n) is 7.22. The van der Waals surface area contributed by atoms with Crippen molar-refractivity contribution in [3.05, 3.63) is 33.9 Å². The van der Waals surface area contributed by atoms with Gasteiger partial charge >= 0.3 is 11.7 Å². The highest BCUT2D eigenvalue weighted by molar-refractivity contribution is 5.90. The van der Waals surface area contributed by atoms with Gasteiger partial charge in [-0.2, -0.15) is 0 Å². The summed E-state index contributed by atoms with van der Waals surface area (Å²) in [6.07, 6.45) is 0. The first-order chi connectivity index (χ1) is 6.56. The number of nitrogens with zero attached hydrogens (tertiary/aromatic N) is 1. The van der Waals surface area contributed by atoms with Gasteiger partial charge in [0.15, 0.2) is 0 Å². The van der Waals surface area contributed by atoms with E-state index in [0.29, 0.717) is 0 Å². The van der Waals surface area contributed by atoms with Crippen LogP contribution in [-0.4, -0.2) is 18.0 Å². The number of rotatable bonds is 2. The van der Waals surface area contributed by atoms with Crippen molar-refractivity contribution in [2.24, 2.45) is 0 Å². The fourth-order valence-electron chi connectivity index (χ4n) is 0.905. The van der Waals surface area contributed by atoms with E-state index in [4.69, 9.17) is 0 Å². The summed E-state index contributed by atoms with van der Waals surface area (Å²) in [6, 6.07) is 3.04. The average Bonchev–Trinajstić information content (AvgIpc) is 2.17. The van der Waals surface area contributed by atoms with E-state index < -0.39 is 22.3 Å². The van der Waals surface area contributed by atoms with Gasteiger partial charge in [0, 0.05) is 6.07 Å². The first-order valence-electron chi connectivity index (χ1n) is 3.60. The van der Waals surface area contributed by atoms with Crippen LogP contribution < -0.4 is 0 Å². The van der Waals surface area contributed by atoms with Crippen LogP contribution in [-0.2, 0) is 9.84 Å². The summed E-state index contributed by atoms with van der Waals surface area (Å²) in [6.45, 7) is 0. The fourth-order valence-corrected chi connectivity index (χ4v) is 0.905. The Morgan fingerprint density at radius 3 is 2.64 bits per heavy atom. The maximum Gasteiger partial charge on any atom is 0.338 e. The number of hydrogen-bond donors (Lipinski definition) is 0. The Kier molecular flexibility index (Phi) is 2.66. The summed E-state index contributed by atoms with van der Waals surface area (Å²) in [5, 5.41) is 21.3. The molecule has 1 rings (SSSR count). The van der Waals surface area contributed by atoms with E-state index in [9.17, 15) is 20.0 Å². The largest absolute Gasteiger partial charge is 0.465 e. The number of benzene rings is 1. The van der Waals surface area contributed by atoms with Crippen LogP contribution in [0.15, 0.2) is 18.2 Å². The second-order valence-corrected chi connectivity index (χ2v) is 2.43. The van der Waals surface area contributed by atoms with E-state index in [1.54, 1.807) is 0 Å². The van der Waals surface area contributed by atoms with Gasteiger partial charge in [0.05, 0.1) is 17.6 Å². The summed E-state index contributed by atoms with van der Waals surface area (Å²) >= 11 is 0. The number of nitro groups is 1. The molecule has 0 amide bonds. The van der Waals surface area contributed by atoms with Gasteiger partial charge in [-0.05, 0) is 12.1 Å². The van der Waals surface area contributed by atoms with Gasteiger partial charge in [-0.25, -0.2) is 4.79 Å². The van der Waals surface area contributed by atoms with E-state index in [1.165, 1.54) is 6.07 Å². The lowest BCUT2D eigenvalue weighted by molar-refractivity contribution is -0.386. The number of ether oxygens (including phenoxy) is 1. The molecular formula is C8H6NO5. The van der Waals surface area contributed by atoms with Crippen LogP contribution >= 0.6 is 0 Å². The lowest BCUT2D eigenvalue weighted by Gasteiger charge is -1.98. The number of carbonyl (C=O) groups is 1. The van der Waals surface area contributed by atoms with Gasteiger partial charge in [-0.3, -0.25) is 15.2 Å². The molecule has 0 aliphatic heterocycles. The minimum Gasteiger partial charge on any atom is -0.465 e. The number of carbonyl (C=O) groups excluding carboxylic acids is 1. The summed E-state index contributed by atoms with van der Waals surface area (Å²) in [4.78, 5) is 20.5. The predicted octanol–water partition coefficient (Wildman–Crippen LogP) is 1.53. The van der Waals surface area contributed by atoms with E-state index in [0.717, 1.165) is 19.2 Å². The molecule has 0 saturated carbocycles. The number of methoxy groups -OCH3 is 1. The smallest absolute Gasteiger partial charge is 0.338 e. The normalized spacial score (nSPS) is 9.50. The quantitative estimate of drug-likeness (QED) is 0.407. The van der Waals surface area contributed by atoms with Crippen molar-refractivity contribution < 1.29 is 19.6 Å². The molecule has 0 heterocycles. The molecule has 0 unspecified atom stereocenters. The zero-order valence-corrected chi connectivity index (χ0v) is 7.22. The van der Waals surface area contributed by atoms with Crippen molar-refractivity contribution in [3.8, 4) is 5.75 Å². The average molecular weight is 196 g/mol. The topological polar surface area (TPSA) is 89.3 Å². The molecule has 14 heavy (non-hydrogen) atoms. The second-order valence-electron chi connectivity index (χ2n) is 2.43. The standard InChI is InChI=1S/C8H6NO5/c1-14-8(11)5-2-3-7(10)6(4-5)9(12)13/h2-4H,1H3. The van der Waals surface area contributed by atoms with Gasteiger partial charge in [-0.15, -0.1) is 0 Å². The van der Waals surface area contributed by atoms with Crippen molar-refractivity contribution in [3.63, 3.8) is 0 Å². The molecule has 0 aliphatic rings. The summed E-state index contributed by atoms with van der Waals surface area (Å²) in [5.41, 5.74) is -0.647. The Labute approximate surface area is 78.9 Å². The molecular weight excluding hydrogens is 190 g/mol. The molecule has 1 aromatic carbocycles. The second kappa shape index (κ2) is 3.73. The summed E-state index contributed by atoms with van der Waals surface area (Å²) in [5.74, 6) is -1.45. The monoisotopic (exact) mass is 196 g/mol. The molecule has 6 heteroatoms. The van der Waals surface area contributed by atoms with Crippen molar-refractivity contribution in [1.82, 2.24) is 0 Å². The van der Waals surface area contributed by atoms with E-state index in [2.05, 4.69) is 4.74 Å². The Bertz CT molecular complexity index is 387. The van der Waals surface area contributed by atoms with Gasteiger partial charge in [-0.1, -0.05) is 0 Å². The van der Waals surface area contributed by atoms with Crippen LogP contribution in [0.1, 0.15) is 10.4 Å². The molecule has 0 saturated heterocycles. The maximum atomic E-state index is 11.0. The minimum absolute atomic E-state index is 0.0150. The van der Waals surface area contributed by atoms with E-state index in [-0.39, 0.29) is 5.56 Å². The van der Waals surface area contributed by atoms with E-state index >= 15 is 0 Å². The Morgan fingerprint density at radius 2 is 2.14 bits per heavy atom. The molecule has 0 bridgehead atoms. The van der Waals surface area contributed by atoms with Gasteiger partial charge in [0.25, 0.3) is 5.75 Å². The molecule has 0 fully saturated rings. The molecule has 1 aromatic rings. The lowest BCUT2D eigenvalue weighted by atomic mass is 10.2. The first kappa shape index (κ1) is 9.97. The first-order valence-corrected chi connectivity index (χ1v) is 3.60. The Morgan fingerprint density at radius 1 is 1.50 bits per heavy atom. The Hall–Kier alpha value is -2.11. The molecule has 0 atom stereocenters. The highest BCUT2D eigenvalue weighted by atomic mass is 16.6. The maximum absolute atomic E-state index is 11.0. The SMILES string of the molecule is COC(=O)c1ccc([O])c([N+](=O)[O-])c1. The number of nitro benzene ring substituents is 1. The third-order valence-electron chi connectivity index (χ3n) is 1.58. The van der Waals surface area contributed by atoms with Gasteiger partial charge in [0.1, 0.15) is 0 Å². The molecule has 6 nitrogen and oxygen atoms in total.